The summed E-state index contributed by atoms with van der Waals surface area (Å²) in [4.78, 5) is 0. The van der Waals surface area contributed by atoms with Gasteiger partial charge in [-0.2, -0.15) is 0 Å². The Kier molecular flexibility index (Phi) is 4.17. The lowest BCUT2D eigenvalue weighted by molar-refractivity contribution is 0.463. The van der Waals surface area contributed by atoms with Crippen LogP contribution in [0.3, 0.4) is 0 Å². The first kappa shape index (κ1) is 13.6. The van der Waals surface area contributed by atoms with E-state index in [1.165, 1.54) is 6.07 Å². The molecule has 100 valence electrons. The number of benzene rings is 2. The van der Waals surface area contributed by atoms with Crippen molar-refractivity contribution in [2.45, 2.75) is 26.3 Å². The van der Waals surface area contributed by atoms with Crippen LogP contribution >= 0.6 is 0 Å². The van der Waals surface area contributed by atoms with Crippen LogP contribution in [-0.2, 0) is 6.42 Å². The minimum atomic E-state index is -0.276. The minimum Gasteiger partial charge on any atom is -0.457 e. The van der Waals surface area contributed by atoms with E-state index in [-0.39, 0.29) is 11.9 Å². The third kappa shape index (κ3) is 3.55. The van der Waals surface area contributed by atoms with Crippen molar-refractivity contribution in [1.29, 1.82) is 0 Å². The number of rotatable bonds is 4. The van der Waals surface area contributed by atoms with E-state index in [0.717, 1.165) is 5.56 Å². The average Bonchev–Trinajstić information content (AvgIpc) is 2.36. The summed E-state index contributed by atoms with van der Waals surface area (Å²) in [5.74, 6) is 0.949. The van der Waals surface area contributed by atoms with E-state index in [1.807, 2.05) is 38.1 Å². The molecule has 2 aromatic carbocycles. The molecule has 2 N–H and O–H groups in total. The molecule has 0 bridgehead atoms. The SMILES string of the molecule is Cc1ccc(Oc2cccc(F)c2CC(C)N)cc1. The lowest BCUT2D eigenvalue weighted by Crippen LogP contribution is -2.19. The summed E-state index contributed by atoms with van der Waals surface area (Å²) in [6, 6.07) is 12.4. The Morgan fingerprint density at radius 1 is 1.16 bits per heavy atom. The molecule has 2 nitrogen and oxygen atoms in total. The zero-order valence-electron chi connectivity index (χ0n) is 11.2. The van der Waals surface area contributed by atoms with E-state index in [0.29, 0.717) is 23.5 Å². The topological polar surface area (TPSA) is 35.2 Å². The van der Waals surface area contributed by atoms with Crippen molar-refractivity contribution in [3.63, 3.8) is 0 Å². The molecule has 0 spiro atoms. The molecule has 3 heteroatoms. The van der Waals surface area contributed by atoms with Crippen LogP contribution in [0.15, 0.2) is 42.5 Å². The van der Waals surface area contributed by atoms with Crippen LogP contribution in [0.5, 0.6) is 11.5 Å². The maximum Gasteiger partial charge on any atom is 0.133 e. The molecule has 0 aliphatic rings. The van der Waals surface area contributed by atoms with Crippen LogP contribution in [0.4, 0.5) is 4.39 Å². The largest absolute Gasteiger partial charge is 0.457 e. The number of halogens is 1. The van der Waals surface area contributed by atoms with Crippen LogP contribution in [0.2, 0.25) is 0 Å². The van der Waals surface area contributed by atoms with Gasteiger partial charge in [0.25, 0.3) is 0 Å². The second-order valence-corrected chi connectivity index (χ2v) is 4.81. The molecular weight excluding hydrogens is 241 g/mol. The molecule has 1 atom stereocenters. The first-order valence-electron chi connectivity index (χ1n) is 6.34. The van der Waals surface area contributed by atoms with Gasteiger partial charge in [0, 0.05) is 11.6 Å². The summed E-state index contributed by atoms with van der Waals surface area (Å²) in [5, 5.41) is 0. The molecular formula is C16H18FNO. The Hall–Kier alpha value is -1.87. The van der Waals surface area contributed by atoms with Crippen LogP contribution in [-0.4, -0.2) is 6.04 Å². The predicted octanol–water partition coefficient (Wildman–Crippen LogP) is 3.82. The predicted molar refractivity (Wildman–Crippen MR) is 75.0 cm³/mol. The number of aryl methyl sites for hydroxylation is 1. The van der Waals surface area contributed by atoms with Gasteiger partial charge in [0.1, 0.15) is 17.3 Å². The Labute approximate surface area is 113 Å². The van der Waals surface area contributed by atoms with Gasteiger partial charge in [-0.15, -0.1) is 0 Å². The van der Waals surface area contributed by atoms with Gasteiger partial charge in [0.05, 0.1) is 0 Å². The molecule has 2 aromatic rings. The standard InChI is InChI=1S/C16H18FNO/c1-11-6-8-13(9-7-11)19-16-5-3-4-15(17)14(16)10-12(2)18/h3-9,12H,10,18H2,1-2H3. The van der Waals surface area contributed by atoms with Gasteiger partial charge in [-0.3, -0.25) is 0 Å². The fourth-order valence-corrected chi connectivity index (χ4v) is 1.89. The molecule has 0 aliphatic heterocycles. The normalized spacial score (nSPS) is 12.2. The summed E-state index contributed by atoms with van der Waals surface area (Å²) < 4.78 is 19.6. The Bertz CT molecular complexity index is 549. The quantitative estimate of drug-likeness (QED) is 0.906. The van der Waals surface area contributed by atoms with E-state index < -0.39 is 0 Å². The summed E-state index contributed by atoms with van der Waals surface area (Å²) in [7, 11) is 0. The van der Waals surface area contributed by atoms with Crippen LogP contribution in [0.25, 0.3) is 0 Å². The van der Waals surface area contributed by atoms with Crippen molar-refractivity contribution in [3.05, 3.63) is 59.4 Å². The van der Waals surface area contributed by atoms with E-state index in [4.69, 9.17) is 10.5 Å². The van der Waals surface area contributed by atoms with Gasteiger partial charge in [0.15, 0.2) is 0 Å². The van der Waals surface area contributed by atoms with Gasteiger partial charge in [-0.25, -0.2) is 4.39 Å². The lowest BCUT2D eigenvalue weighted by atomic mass is 10.1. The first-order valence-corrected chi connectivity index (χ1v) is 6.34. The van der Waals surface area contributed by atoms with E-state index >= 15 is 0 Å². The number of ether oxygens (including phenoxy) is 1. The Balaban J connectivity index is 2.29. The molecule has 1 unspecified atom stereocenters. The van der Waals surface area contributed by atoms with Crippen molar-refractivity contribution >= 4 is 0 Å². The highest BCUT2D eigenvalue weighted by molar-refractivity contribution is 5.39. The van der Waals surface area contributed by atoms with Gasteiger partial charge < -0.3 is 10.5 Å². The summed E-state index contributed by atoms with van der Waals surface area (Å²) in [6.07, 6.45) is 0.452. The maximum absolute atomic E-state index is 13.8. The first-order chi connectivity index (χ1) is 9.06. The maximum atomic E-state index is 13.8. The second kappa shape index (κ2) is 5.85. The van der Waals surface area contributed by atoms with Crippen molar-refractivity contribution in [2.75, 3.05) is 0 Å². The van der Waals surface area contributed by atoms with Gasteiger partial charge in [0.2, 0.25) is 0 Å². The van der Waals surface area contributed by atoms with Gasteiger partial charge >= 0.3 is 0 Å². The second-order valence-electron chi connectivity index (χ2n) is 4.81. The van der Waals surface area contributed by atoms with Crippen LogP contribution in [0, 0.1) is 12.7 Å². The fourth-order valence-electron chi connectivity index (χ4n) is 1.89. The van der Waals surface area contributed by atoms with E-state index in [2.05, 4.69) is 0 Å². The van der Waals surface area contributed by atoms with Crippen LogP contribution in [0.1, 0.15) is 18.1 Å². The molecule has 0 fully saturated rings. The Morgan fingerprint density at radius 3 is 2.47 bits per heavy atom. The average molecular weight is 259 g/mol. The van der Waals surface area contributed by atoms with Gasteiger partial charge in [-0.1, -0.05) is 23.8 Å². The summed E-state index contributed by atoms with van der Waals surface area (Å²) in [6.45, 7) is 3.86. The van der Waals surface area contributed by atoms with Crippen LogP contribution < -0.4 is 10.5 Å². The Morgan fingerprint density at radius 2 is 1.84 bits per heavy atom. The molecule has 0 radical (unpaired) electrons. The van der Waals surface area contributed by atoms with Gasteiger partial charge in [-0.05, 0) is 44.5 Å². The molecule has 0 aromatic heterocycles. The fraction of sp³-hybridized carbons (Fsp3) is 0.250. The summed E-state index contributed by atoms with van der Waals surface area (Å²) in [5.41, 5.74) is 7.43. The highest BCUT2D eigenvalue weighted by atomic mass is 19.1. The number of hydrogen-bond acceptors (Lipinski definition) is 2. The zero-order chi connectivity index (χ0) is 13.8. The monoisotopic (exact) mass is 259 g/mol. The smallest absolute Gasteiger partial charge is 0.133 e. The number of nitrogens with two attached hydrogens (primary N) is 1. The molecule has 2 rings (SSSR count). The molecule has 0 saturated heterocycles. The lowest BCUT2D eigenvalue weighted by Gasteiger charge is -2.13. The number of hydrogen-bond donors (Lipinski definition) is 1. The highest BCUT2D eigenvalue weighted by Crippen LogP contribution is 2.28. The molecule has 0 heterocycles. The summed E-state index contributed by atoms with van der Waals surface area (Å²) >= 11 is 0. The molecule has 0 saturated carbocycles. The van der Waals surface area contributed by atoms with Crippen molar-refractivity contribution < 1.29 is 9.13 Å². The molecule has 19 heavy (non-hydrogen) atoms. The van der Waals surface area contributed by atoms with Crippen molar-refractivity contribution in [1.82, 2.24) is 0 Å². The van der Waals surface area contributed by atoms with E-state index in [9.17, 15) is 4.39 Å². The minimum absolute atomic E-state index is 0.114. The van der Waals surface area contributed by atoms with Crippen molar-refractivity contribution in [2.24, 2.45) is 5.73 Å². The van der Waals surface area contributed by atoms with Crippen molar-refractivity contribution in [3.8, 4) is 11.5 Å². The molecule has 0 aliphatic carbocycles. The molecule has 0 amide bonds. The zero-order valence-corrected chi connectivity index (χ0v) is 11.2. The van der Waals surface area contributed by atoms with E-state index in [1.54, 1.807) is 12.1 Å². The highest BCUT2D eigenvalue weighted by Gasteiger charge is 2.12. The third-order valence-electron chi connectivity index (χ3n) is 2.85. The third-order valence-corrected chi connectivity index (χ3v) is 2.85.